The van der Waals surface area contributed by atoms with Crippen molar-refractivity contribution in [2.75, 3.05) is 0 Å². The van der Waals surface area contributed by atoms with E-state index in [2.05, 4.69) is 18.2 Å². The molecule has 0 aliphatic carbocycles. The fraction of sp³-hybridized carbons (Fsp3) is 0.0667. The average molecular weight is 240 g/mol. The van der Waals surface area contributed by atoms with E-state index >= 15 is 0 Å². The Balaban J connectivity index is 2.04. The minimum absolute atomic E-state index is 0.520. The Morgan fingerprint density at radius 2 is 1.59 bits per heavy atom. The van der Waals surface area contributed by atoms with E-state index in [1.54, 1.807) is 11.3 Å². The van der Waals surface area contributed by atoms with Gasteiger partial charge in [0.15, 0.2) is 0 Å². The van der Waals surface area contributed by atoms with E-state index < -0.39 is 6.10 Å². The highest BCUT2D eigenvalue weighted by atomic mass is 32.1. The highest BCUT2D eigenvalue weighted by Crippen LogP contribution is 2.32. The van der Waals surface area contributed by atoms with Gasteiger partial charge in [0.1, 0.15) is 6.10 Å². The molecule has 2 heteroatoms. The lowest BCUT2D eigenvalue weighted by molar-refractivity contribution is 0.224. The molecule has 0 radical (unpaired) electrons. The third kappa shape index (κ3) is 1.97. The Bertz CT molecular complexity index is 594. The van der Waals surface area contributed by atoms with E-state index in [0.29, 0.717) is 0 Å². The molecule has 0 spiro atoms. The van der Waals surface area contributed by atoms with Crippen LogP contribution in [0, 0.1) is 0 Å². The molecular weight excluding hydrogens is 228 g/mol. The summed E-state index contributed by atoms with van der Waals surface area (Å²) in [6, 6.07) is 20.0. The molecule has 2 aromatic carbocycles. The van der Waals surface area contributed by atoms with E-state index in [0.717, 1.165) is 10.4 Å². The summed E-state index contributed by atoms with van der Waals surface area (Å²) < 4.78 is 1.22. The summed E-state index contributed by atoms with van der Waals surface area (Å²) in [7, 11) is 0. The number of aliphatic hydroxyl groups excluding tert-OH is 1. The fourth-order valence-electron chi connectivity index (χ4n) is 1.94. The highest BCUT2D eigenvalue weighted by molar-refractivity contribution is 7.19. The minimum atomic E-state index is -0.520. The number of rotatable bonds is 2. The van der Waals surface area contributed by atoms with Gasteiger partial charge in [0, 0.05) is 9.58 Å². The molecule has 1 N–H and O–H groups in total. The summed E-state index contributed by atoms with van der Waals surface area (Å²) in [6.07, 6.45) is -0.520. The Kier molecular flexibility index (Phi) is 2.67. The van der Waals surface area contributed by atoms with Crippen molar-refractivity contribution in [1.82, 2.24) is 0 Å². The lowest BCUT2D eigenvalue weighted by Crippen LogP contribution is -1.95. The first-order valence-corrected chi connectivity index (χ1v) is 6.38. The Labute approximate surface area is 104 Å². The Morgan fingerprint density at radius 3 is 2.35 bits per heavy atom. The zero-order chi connectivity index (χ0) is 11.7. The van der Waals surface area contributed by atoms with Gasteiger partial charge in [0.2, 0.25) is 0 Å². The number of benzene rings is 2. The van der Waals surface area contributed by atoms with Crippen LogP contribution in [-0.4, -0.2) is 5.11 Å². The van der Waals surface area contributed by atoms with Crippen LogP contribution >= 0.6 is 11.3 Å². The normalized spacial score (nSPS) is 12.8. The maximum atomic E-state index is 10.3. The summed E-state index contributed by atoms with van der Waals surface area (Å²) in [4.78, 5) is 0.998. The number of fused-ring (bicyclic) bond motifs is 1. The van der Waals surface area contributed by atoms with Gasteiger partial charge < -0.3 is 5.11 Å². The van der Waals surface area contributed by atoms with Gasteiger partial charge in [0.05, 0.1) is 0 Å². The molecule has 1 atom stereocenters. The molecule has 3 aromatic rings. The minimum Gasteiger partial charge on any atom is -0.383 e. The smallest absolute Gasteiger partial charge is 0.113 e. The third-order valence-electron chi connectivity index (χ3n) is 2.83. The highest BCUT2D eigenvalue weighted by Gasteiger charge is 2.12. The van der Waals surface area contributed by atoms with Gasteiger partial charge in [-0.15, -0.1) is 11.3 Å². The maximum Gasteiger partial charge on any atom is 0.113 e. The molecule has 0 fully saturated rings. The number of thiophene rings is 1. The van der Waals surface area contributed by atoms with Crippen molar-refractivity contribution in [1.29, 1.82) is 0 Å². The van der Waals surface area contributed by atoms with Crippen molar-refractivity contribution in [2.24, 2.45) is 0 Å². The summed E-state index contributed by atoms with van der Waals surface area (Å²) in [5.41, 5.74) is 0.944. The molecule has 0 aliphatic heterocycles. The summed E-state index contributed by atoms with van der Waals surface area (Å²) in [5, 5.41) is 11.5. The van der Waals surface area contributed by atoms with E-state index in [1.165, 1.54) is 10.1 Å². The van der Waals surface area contributed by atoms with Gasteiger partial charge in [-0.2, -0.15) is 0 Å². The van der Waals surface area contributed by atoms with Crippen molar-refractivity contribution in [3.05, 3.63) is 71.1 Å². The number of hydrogen-bond acceptors (Lipinski definition) is 2. The quantitative estimate of drug-likeness (QED) is 0.718. The molecule has 0 amide bonds. The van der Waals surface area contributed by atoms with Gasteiger partial charge in [-0.05, 0) is 23.1 Å². The molecular formula is C15H12OS. The van der Waals surface area contributed by atoms with Crippen LogP contribution in [0.15, 0.2) is 60.7 Å². The van der Waals surface area contributed by atoms with Crippen LogP contribution in [0.5, 0.6) is 0 Å². The van der Waals surface area contributed by atoms with Crippen LogP contribution in [0.2, 0.25) is 0 Å². The first-order valence-electron chi connectivity index (χ1n) is 5.56. The summed E-state index contributed by atoms with van der Waals surface area (Å²) in [5.74, 6) is 0. The van der Waals surface area contributed by atoms with E-state index in [-0.39, 0.29) is 0 Å². The molecule has 84 valence electrons. The van der Waals surface area contributed by atoms with Crippen molar-refractivity contribution in [3.8, 4) is 0 Å². The monoisotopic (exact) mass is 240 g/mol. The molecule has 0 saturated carbocycles. The molecule has 1 aromatic heterocycles. The largest absolute Gasteiger partial charge is 0.383 e. The molecule has 17 heavy (non-hydrogen) atoms. The topological polar surface area (TPSA) is 20.2 Å². The molecule has 3 rings (SSSR count). The zero-order valence-electron chi connectivity index (χ0n) is 9.21. The summed E-state index contributed by atoms with van der Waals surface area (Å²) >= 11 is 1.65. The van der Waals surface area contributed by atoms with Crippen LogP contribution in [0.1, 0.15) is 16.5 Å². The SMILES string of the molecule is O[C@@H](c1ccccc1)c1cc2ccccc2s1. The van der Waals surface area contributed by atoms with Gasteiger partial charge in [-0.1, -0.05) is 48.5 Å². The fourth-order valence-corrected chi connectivity index (χ4v) is 3.02. The van der Waals surface area contributed by atoms with Gasteiger partial charge in [-0.3, -0.25) is 0 Å². The van der Waals surface area contributed by atoms with E-state index in [9.17, 15) is 5.11 Å². The number of aliphatic hydroxyl groups is 1. The van der Waals surface area contributed by atoms with Crippen molar-refractivity contribution >= 4 is 21.4 Å². The van der Waals surface area contributed by atoms with Gasteiger partial charge in [-0.25, -0.2) is 0 Å². The molecule has 0 saturated heterocycles. The lowest BCUT2D eigenvalue weighted by atomic mass is 10.1. The zero-order valence-corrected chi connectivity index (χ0v) is 10.0. The molecule has 1 nitrogen and oxygen atoms in total. The van der Waals surface area contributed by atoms with Crippen LogP contribution in [0.25, 0.3) is 10.1 Å². The first kappa shape index (κ1) is 10.5. The van der Waals surface area contributed by atoms with E-state index in [1.807, 2.05) is 42.5 Å². The summed E-state index contributed by atoms with van der Waals surface area (Å²) in [6.45, 7) is 0. The van der Waals surface area contributed by atoms with Crippen LogP contribution in [0.4, 0.5) is 0 Å². The maximum absolute atomic E-state index is 10.3. The van der Waals surface area contributed by atoms with E-state index in [4.69, 9.17) is 0 Å². The number of hydrogen-bond donors (Lipinski definition) is 1. The van der Waals surface area contributed by atoms with Crippen LogP contribution in [-0.2, 0) is 0 Å². The van der Waals surface area contributed by atoms with Gasteiger partial charge in [0.25, 0.3) is 0 Å². The van der Waals surface area contributed by atoms with Gasteiger partial charge >= 0.3 is 0 Å². The predicted molar refractivity (Wildman–Crippen MR) is 72.3 cm³/mol. The standard InChI is InChI=1S/C15H12OS/c16-15(11-6-2-1-3-7-11)14-10-12-8-4-5-9-13(12)17-14/h1-10,15-16H/t15-/m0/s1. The van der Waals surface area contributed by atoms with Crippen molar-refractivity contribution in [2.45, 2.75) is 6.10 Å². The van der Waals surface area contributed by atoms with Crippen LogP contribution < -0.4 is 0 Å². The lowest BCUT2D eigenvalue weighted by Gasteiger charge is -2.07. The molecule has 0 unspecified atom stereocenters. The second-order valence-electron chi connectivity index (χ2n) is 4.00. The second-order valence-corrected chi connectivity index (χ2v) is 5.12. The second kappa shape index (κ2) is 4.32. The predicted octanol–water partition coefficient (Wildman–Crippen LogP) is 3.98. The Morgan fingerprint density at radius 1 is 0.882 bits per heavy atom. The Hall–Kier alpha value is -1.64. The first-order chi connectivity index (χ1) is 8.34. The third-order valence-corrected chi connectivity index (χ3v) is 4.00. The average Bonchev–Trinajstić information content (AvgIpc) is 2.82. The molecule has 0 aliphatic rings. The van der Waals surface area contributed by atoms with Crippen molar-refractivity contribution in [3.63, 3.8) is 0 Å². The van der Waals surface area contributed by atoms with Crippen LogP contribution in [0.3, 0.4) is 0 Å². The molecule has 1 heterocycles. The molecule has 0 bridgehead atoms. The van der Waals surface area contributed by atoms with Crippen molar-refractivity contribution < 1.29 is 5.11 Å².